The largest absolute Gasteiger partial charge is 0.379 e. The highest BCUT2D eigenvalue weighted by Crippen LogP contribution is 2.22. The lowest BCUT2D eigenvalue weighted by Gasteiger charge is -2.35. The van der Waals surface area contributed by atoms with Gasteiger partial charge in [0.2, 0.25) is 0 Å². The van der Waals surface area contributed by atoms with Gasteiger partial charge < -0.3 is 10.1 Å². The van der Waals surface area contributed by atoms with Crippen molar-refractivity contribution in [3.63, 3.8) is 0 Å². The quantitative estimate of drug-likeness (QED) is 0.891. The Morgan fingerprint density at radius 3 is 2.50 bits per heavy atom. The Balaban J connectivity index is 1.73. The molecule has 0 aromatic heterocycles. The highest BCUT2D eigenvalue weighted by molar-refractivity contribution is 5.94. The maximum atomic E-state index is 13.7. The summed E-state index contributed by atoms with van der Waals surface area (Å²) >= 11 is 0. The number of amides is 1. The fourth-order valence-corrected chi connectivity index (χ4v) is 3.06. The van der Waals surface area contributed by atoms with Crippen LogP contribution in [-0.4, -0.2) is 43.7 Å². The van der Waals surface area contributed by atoms with E-state index in [0.29, 0.717) is 25.3 Å². The van der Waals surface area contributed by atoms with Gasteiger partial charge in [-0.1, -0.05) is 18.2 Å². The summed E-state index contributed by atoms with van der Waals surface area (Å²) in [6.45, 7) is 4.71. The molecule has 1 unspecified atom stereocenters. The van der Waals surface area contributed by atoms with E-state index >= 15 is 0 Å². The number of nitrogens with one attached hydrogen (secondary N) is 1. The second-order valence-corrected chi connectivity index (χ2v) is 6.39. The second kappa shape index (κ2) is 8.38. The molecule has 26 heavy (non-hydrogen) atoms. The van der Waals surface area contributed by atoms with Crippen LogP contribution in [0.4, 0.5) is 8.78 Å². The maximum Gasteiger partial charge on any atom is 0.251 e. The highest BCUT2D eigenvalue weighted by Gasteiger charge is 2.23. The van der Waals surface area contributed by atoms with Crippen molar-refractivity contribution >= 4 is 5.91 Å². The number of halogens is 2. The SMILES string of the molecule is Cc1ccc(C(=O)NCC(c2ccc(F)cc2)N2CCOCC2)cc1F. The van der Waals surface area contributed by atoms with Crippen LogP contribution in [0.2, 0.25) is 0 Å². The molecule has 1 N–H and O–H groups in total. The molecule has 1 heterocycles. The van der Waals surface area contributed by atoms with Crippen molar-refractivity contribution in [3.8, 4) is 0 Å². The molecule has 4 nitrogen and oxygen atoms in total. The zero-order chi connectivity index (χ0) is 18.5. The monoisotopic (exact) mass is 360 g/mol. The molecule has 1 atom stereocenters. The number of carbonyl (C=O) groups excluding carboxylic acids is 1. The molecule has 2 aromatic rings. The van der Waals surface area contributed by atoms with Crippen LogP contribution >= 0.6 is 0 Å². The van der Waals surface area contributed by atoms with Crippen molar-refractivity contribution in [2.24, 2.45) is 0 Å². The van der Waals surface area contributed by atoms with E-state index in [4.69, 9.17) is 4.74 Å². The van der Waals surface area contributed by atoms with E-state index in [1.807, 2.05) is 0 Å². The minimum absolute atomic E-state index is 0.0984. The summed E-state index contributed by atoms with van der Waals surface area (Å²) in [4.78, 5) is 14.6. The number of hydrogen-bond donors (Lipinski definition) is 1. The van der Waals surface area contributed by atoms with Crippen LogP contribution in [0.5, 0.6) is 0 Å². The van der Waals surface area contributed by atoms with Gasteiger partial charge in [0.1, 0.15) is 11.6 Å². The number of ether oxygens (including phenoxy) is 1. The molecule has 3 rings (SSSR count). The van der Waals surface area contributed by atoms with Crippen molar-refractivity contribution in [2.45, 2.75) is 13.0 Å². The van der Waals surface area contributed by atoms with Crippen LogP contribution < -0.4 is 5.32 Å². The third-order valence-electron chi connectivity index (χ3n) is 4.63. The summed E-state index contributed by atoms with van der Waals surface area (Å²) in [5.74, 6) is -1.03. The van der Waals surface area contributed by atoms with Crippen molar-refractivity contribution in [2.75, 3.05) is 32.8 Å². The zero-order valence-corrected chi connectivity index (χ0v) is 14.7. The van der Waals surface area contributed by atoms with E-state index in [2.05, 4.69) is 10.2 Å². The summed E-state index contributed by atoms with van der Waals surface area (Å²) in [6.07, 6.45) is 0. The molecule has 6 heteroatoms. The first-order valence-electron chi connectivity index (χ1n) is 8.66. The molecule has 1 fully saturated rings. The molecule has 138 valence electrons. The predicted octanol–water partition coefficient (Wildman–Crippen LogP) is 3.08. The Kier molecular flexibility index (Phi) is 5.96. The average Bonchev–Trinajstić information content (AvgIpc) is 2.66. The lowest BCUT2D eigenvalue weighted by Crippen LogP contribution is -2.43. The number of rotatable bonds is 5. The van der Waals surface area contributed by atoms with Gasteiger partial charge in [-0.3, -0.25) is 9.69 Å². The molecule has 1 aliphatic rings. The molecular formula is C20H22F2N2O2. The van der Waals surface area contributed by atoms with E-state index in [1.165, 1.54) is 18.2 Å². The minimum atomic E-state index is -0.402. The predicted molar refractivity (Wildman–Crippen MR) is 95.0 cm³/mol. The van der Waals surface area contributed by atoms with Gasteiger partial charge in [-0.15, -0.1) is 0 Å². The van der Waals surface area contributed by atoms with Gasteiger partial charge in [0.25, 0.3) is 5.91 Å². The first kappa shape index (κ1) is 18.5. The van der Waals surface area contributed by atoms with Crippen LogP contribution in [0.15, 0.2) is 42.5 Å². The lowest BCUT2D eigenvalue weighted by molar-refractivity contribution is 0.0162. The van der Waals surface area contributed by atoms with Gasteiger partial charge in [0.15, 0.2) is 0 Å². The van der Waals surface area contributed by atoms with Crippen LogP contribution in [0.1, 0.15) is 27.5 Å². The fraction of sp³-hybridized carbons (Fsp3) is 0.350. The van der Waals surface area contributed by atoms with Gasteiger partial charge in [-0.25, -0.2) is 8.78 Å². The molecule has 0 spiro atoms. The number of benzene rings is 2. The van der Waals surface area contributed by atoms with E-state index in [9.17, 15) is 13.6 Å². The Hall–Kier alpha value is -2.31. The van der Waals surface area contributed by atoms with Crippen molar-refractivity contribution < 1.29 is 18.3 Å². The number of hydrogen-bond acceptors (Lipinski definition) is 3. The molecule has 0 bridgehead atoms. The van der Waals surface area contributed by atoms with E-state index < -0.39 is 5.82 Å². The van der Waals surface area contributed by atoms with E-state index in [-0.39, 0.29) is 23.3 Å². The normalized spacial score (nSPS) is 16.3. The zero-order valence-electron chi connectivity index (χ0n) is 14.7. The Labute approximate surface area is 151 Å². The summed E-state index contributed by atoms with van der Waals surface area (Å²) < 4.78 is 32.3. The average molecular weight is 360 g/mol. The number of aryl methyl sites for hydroxylation is 1. The highest BCUT2D eigenvalue weighted by atomic mass is 19.1. The number of carbonyl (C=O) groups is 1. The van der Waals surface area contributed by atoms with Crippen LogP contribution in [0.3, 0.4) is 0 Å². The molecule has 1 aliphatic heterocycles. The topological polar surface area (TPSA) is 41.6 Å². The Morgan fingerprint density at radius 1 is 1.15 bits per heavy atom. The number of morpholine rings is 1. The smallest absolute Gasteiger partial charge is 0.251 e. The molecule has 1 saturated heterocycles. The minimum Gasteiger partial charge on any atom is -0.379 e. The summed E-state index contributed by atoms with van der Waals surface area (Å²) in [5, 5.41) is 2.87. The molecule has 0 aliphatic carbocycles. The van der Waals surface area contributed by atoms with E-state index in [0.717, 1.165) is 18.7 Å². The van der Waals surface area contributed by atoms with Crippen molar-refractivity contribution in [3.05, 3.63) is 70.8 Å². The van der Waals surface area contributed by atoms with Crippen LogP contribution in [0, 0.1) is 18.6 Å². The third-order valence-corrected chi connectivity index (χ3v) is 4.63. The summed E-state index contributed by atoms with van der Waals surface area (Å²) in [7, 11) is 0. The lowest BCUT2D eigenvalue weighted by atomic mass is 10.0. The van der Waals surface area contributed by atoms with Gasteiger partial charge >= 0.3 is 0 Å². The van der Waals surface area contributed by atoms with Crippen LogP contribution in [-0.2, 0) is 4.74 Å². The van der Waals surface area contributed by atoms with Gasteiger partial charge in [-0.05, 0) is 42.3 Å². The summed E-state index contributed by atoms with van der Waals surface area (Å²) in [6, 6.07) is 10.6. The van der Waals surface area contributed by atoms with Crippen LogP contribution in [0.25, 0.3) is 0 Å². The van der Waals surface area contributed by atoms with Gasteiger partial charge in [-0.2, -0.15) is 0 Å². The molecular weight excluding hydrogens is 338 g/mol. The number of nitrogens with zero attached hydrogens (tertiary/aromatic N) is 1. The van der Waals surface area contributed by atoms with Crippen molar-refractivity contribution in [1.82, 2.24) is 10.2 Å². The molecule has 0 radical (unpaired) electrons. The Morgan fingerprint density at radius 2 is 1.85 bits per heavy atom. The maximum absolute atomic E-state index is 13.7. The molecule has 1 amide bonds. The summed E-state index contributed by atoms with van der Waals surface area (Å²) in [5.41, 5.74) is 1.70. The van der Waals surface area contributed by atoms with Crippen molar-refractivity contribution in [1.29, 1.82) is 0 Å². The third kappa shape index (κ3) is 4.45. The fourth-order valence-electron chi connectivity index (χ4n) is 3.06. The first-order valence-corrected chi connectivity index (χ1v) is 8.66. The van der Waals surface area contributed by atoms with E-state index in [1.54, 1.807) is 31.2 Å². The first-order chi connectivity index (χ1) is 12.5. The Bertz CT molecular complexity index is 759. The van der Waals surface area contributed by atoms with Gasteiger partial charge in [0.05, 0.1) is 19.3 Å². The standard InChI is InChI=1S/C20H22F2N2O2/c1-14-2-3-16(12-18(14)22)20(25)23-13-19(24-8-10-26-11-9-24)15-4-6-17(21)7-5-15/h2-7,12,19H,8-11,13H2,1H3,(H,23,25). The second-order valence-electron chi connectivity index (χ2n) is 6.39. The molecule has 0 saturated carbocycles. The van der Waals surface area contributed by atoms with Gasteiger partial charge in [0, 0.05) is 25.2 Å². The molecule has 2 aromatic carbocycles.